The molecule has 0 saturated carbocycles. The molecule has 5 nitrogen and oxygen atoms in total. The van der Waals surface area contributed by atoms with Gasteiger partial charge in [-0.2, -0.15) is 0 Å². The van der Waals surface area contributed by atoms with Crippen molar-refractivity contribution in [2.24, 2.45) is 0 Å². The van der Waals surface area contributed by atoms with E-state index in [0.717, 1.165) is 27.1 Å². The van der Waals surface area contributed by atoms with Crippen LogP contribution in [0.4, 0.5) is 5.69 Å². The van der Waals surface area contributed by atoms with E-state index in [9.17, 15) is 9.59 Å². The number of ether oxygens (including phenoxy) is 1. The molecule has 0 radical (unpaired) electrons. The van der Waals surface area contributed by atoms with Gasteiger partial charge in [0.15, 0.2) is 6.61 Å². The molecule has 2 aromatic carbocycles. The first-order chi connectivity index (χ1) is 13.5. The Labute approximate surface area is 168 Å². The molecule has 0 aliphatic rings. The molecule has 0 aliphatic heterocycles. The number of carbonyl (C=O) groups excluding carboxylic acids is 2. The first-order valence-corrected chi connectivity index (χ1v) is 10.2. The van der Waals surface area contributed by atoms with Crippen LogP contribution in [-0.2, 0) is 16.0 Å². The molecule has 0 spiro atoms. The average molecular weight is 394 g/mol. The van der Waals surface area contributed by atoms with Gasteiger partial charge in [0.2, 0.25) is 0 Å². The predicted molar refractivity (Wildman–Crippen MR) is 113 cm³/mol. The third kappa shape index (κ3) is 4.34. The first kappa shape index (κ1) is 19.9. The van der Waals surface area contributed by atoms with Crippen LogP contribution in [0.5, 0.6) is 0 Å². The fourth-order valence-corrected chi connectivity index (χ4v) is 3.53. The van der Waals surface area contributed by atoms with E-state index in [1.54, 1.807) is 17.8 Å². The standard InChI is InChI=1S/C22H22N2O3S/c1-4-18-14(2)21(17-10-5-6-11-19(17)24-18)22(26)27-13-20(25)23-15-8-7-9-16(12-15)28-3/h5-12H,4,13H2,1-3H3,(H,23,25). The molecule has 1 heterocycles. The Morgan fingerprint density at radius 3 is 2.68 bits per heavy atom. The van der Waals surface area contributed by atoms with Crippen molar-refractivity contribution in [2.45, 2.75) is 25.2 Å². The van der Waals surface area contributed by atoms with E-state index >= 15 is 0 Å². The van der Waals surface area contributed by atoms with Crippen molar-refractivity contribution in [3.8, 4) is 0 Å². The van der Waals surface area contributed by atoms with Gasteiger partial charge in [-0.3, -0.25) is 9.78 Å². The van der Waals surface area contributed by atoms with Crippen molar-refractivity contribution in [1.82, 2.24) is 4.98 Å². The molecule has 1 aromatic heterocycles. The Hall–Kier alpha value is -2.86. The lowest BCUT2D eigenvalue weighted by Gasteiger charge is -2.13. The summed E-state index contributed by atoms with van der Waals surface area (Å²) in [5.41, 5.74) is 3.53. The SMILES string of the molecule is CCc1nc2ccccc2c(C(=O)OCC(=O)Nc2cccc(SC)c2)c1C. The van der Waals surface area contributed by atoms with E-state index in [1.165, 1.54) is 0 Å². The van der Waals surface area contributed by atoms with Gasteiger partial charge in [0.05, 0.1) is 11.1 Å². The lowest BCUT2D eigenvalue weighted by atomic mass is 10.0. The third-order valence-corrected chi connectivity index (χ3v) is 5.19. The number of benzene rings is 2. The van der Waals surface area contributed by atoms with Gasteiger partial charge in [0.1, 0.15) is 0 Å². The van der Waals surface area contributed by atoms with Crippen LogP contribution in [0.2, 0.25) is 0 Å². The number of fused-ring (bicyclic) bond motifs is 1. The fraction of sp³-hybridized carbons (Fsp3) is 0.227. The fourth-order valence-electron chi connectivity index (χ4n) is 3.07. The number of hydrogen-bond acceptors (Lipinski definition) is 5. The lowest BCUT2D eigenvalue weighted by Crippen LogP contribution is -2.21. The highest BCUT2D eigenvalue weighted by Crippen LogP contribution is 2.24. The molecule has 0 fully saturated rings. The average Bonchev–Trinajstić information content (AvgIpc) is 2.71. The highest BCUT2D eigenvalue weighted by molar-refractivity contribution is 7.98. The second kappa shape index (κ2) is 8.89. The van der Waals surface area contributed by atoms with Crippen molar-refractivity contribution in [2.75, 3.05) is 18.2 Å². The van der Waals surface area contributed by atoms with Crippen molar-refractivity contribution in [3.63, 3.8) is 0 Å². The second-order valence-corrected chi connectivity index (χ2v) is 7.17. The molecule has 0 atom stereocenters. The monoisotopic (exact) mass is 394 g/mol. The number of para-hydroxylation sites is 1. The normalized spacial score (nSPS) is 10.7. The maximum absolute atomic E-state index is 12.8. The van der Waals surface area contributed by atoms with Crippen molar-refractivity contribution >= 4 is 40.2 Å². The molecule has 144 valence electrons. The summed E-state index contributed by atoms with van der Waals surface area (Å²) < 4.78 is 5.32. The maximum Gasteiger partial charge on any atom is 0.339 e. The van der Waals surface area contributed by atoms with Crippen LogP contribution < -0.4 is 5.32 Å². The summed E-state index contributed by atoms with van der Waals surface area (Å²) in [5.74, 6) is -0.892. The Morgan fingerprint density at radius 1 is 1.14 bits per heavy atom. The zero-order valence-corrected chi connectivity index (χ0v) is 16.9. The van der Waals surface area contributed by atoms with Crippen LogP contribution in [0.1, 0.15) is 28.5 Å². The molecule has 0 bridgehead atoms. The molecular formula is C22H22N2O3S. The Kier molecular flexibility index (Phi) is 6.31. The van der Waals surface area contributed by atoms with Crippen LogP contribution >= 0.6 is 11.8 Å². The summed E-state index contributed by atoms with van der Waals surface area (Å²) in [6, 6.07) is 15.0. The molecular weight excluding hydrogens is 372 g/mol. The van der Waals surface area contributed by atoms with E-state index in [0.29, 0.717) is 17.7 Å². The number of pyridine rings is 1. The van der Waals surface area contributed by atoms with Crippen LogP contribution in [0.25, 0.3) is 10.9 Å². The van der Waals surface area contributed by atoms with Crippen molar-refractivity contribution < 1.29 is 14.3 Å². The number of aryl methyl sites for hydroxylation is 1. The second-order valence-electron chi connectivity index (χ2n) is 6.29. The number of anilines is 1. The number of hydrogen-bond donors (Lipinski definition) is 1. The summed E-state index contributed by atoms with van der Waals surface area (Å²) in [6.07, 6.45) is 2.68. The van der Waals surface area contributed by atoms with E-state index in [1.807, 2.05) is 62.6 Å². The van der Waals surface area contributed by atoms with Gasteiger partial charge in [0, 0.05) is 21.7 Å². The number of nitrogens with one attached hydrogen (secondary N) is 1. The molecule has 6 heteroatoms. The van der Waals surface area contributed by atoms with Crippen molar-refractivity contribution in [3.05, 3.63) is 65.4 Å². The smallest absolute Gasteiger partial charge is 0.339 e. The first-order valence-electron chi connectivity index (χ1n) is 9.02. The third-order valence-electron chi connectivity index (χ3n) is 4.46. The highest BCUT2D eigenvalue weighted by Gasteiger charge is 2.19. The van der Waals surface area contributed by atoms with Gasteiger partial charge in [-0.1, -0.05) is 31.2 Å². The number of carbonyl (C=O) groups is 2. The molecule has 28 heavy (non-hydrogen) atoms. The van der Waals surface area contributed by atoms with Crippen LogP contribution in [0.15, 0.2) is 53.4 Å². The maximum atomic E-state index is 12.8. The number of aromatic nitrogens is 1. The Bertz CT molecular complexity index is 1030. The minimum Gasteiger partial charge on any atom is -0.452 e. The highest BCUT2D eigenvalue weighted by atomic mass is 32.2. The van der Waals surface area contributed by atoms with E-state index < -0.39 is 5.97 Å². The predicted octanol–water partition coefficient (Wildman–Crippen LogP) is 4.62. The minimum atomic E-state index is -0.515. The van der Waals surface area contributed by atoms with Crippen LogP contribution in [0.3, 0.4) is 0 Å². The quantitative estimate of drug-likeness (QED) is 0.488. The number of thioether (sulfide) groups is 1. The van der Waals surface area contributed by atoms with E-state index in [4.69, 9.17) is 4.74 Å². The van der Waals surface area contributed by atoms with Crippen LogP contribution in [0, 0.1) is 6.92 Å². The van der Waals surface area contributed by atoms with Gasteiger partial charge in [-0.05, 0) is 49.4 Å². The molecule has 1 N–H and O–H groups in total. The summed E-state index contributed by atoms with van der Waals surface area (Å²) in [7, 11) is 0. The summed E-state index contributed by atoms with van der Waals surface area (Å²) in [6.45, 7) is 3.51. The van der Waals surface area contributed by atoms with Gasteiger partial charge in [-0.15, -0.1) is 11.8 Å². The molecule has 3 rings (SSSR count). The summed E-state index contributed by atoms with van der Waals surface area (Å²) >= 11 is 1.59. The topological polar surface area (TPSA) is 68.3 Å². The molecule has 1 amide bonds. The summed E-state index contributed by atoms with van der Waals surface area (Å²) in [4.78, 5) is 30.6. The van der Waals surface area contributed by atoms with Crippen LogP contribution in [-0.4, -0.2) is 29.7 Å². The number of rotatable bonds is 6. The number of nitrogens with zero attached hydrogens (tertiary/aromatic N) is 1. The van der Waals surface area contributed by atoms with Gasteiger partial charge >= 0.3 is 5.97 Å². The molecule has 3 aromatic rings. The van der Waals surface area contributed by atoms with Crippen molar-refractivity contribution in [1.29, 1.82) is 0 Å². The van der Waals surface area contributed by atoms with Gasteiger partial charge < -0.3 is 10.1 Å². The van der Waals surface area contributed by atoms with E-state index in [2.05, 4.69) is 10.3 Å². The largest absolute Gasteiger partial charge is 0.452 e. The molecule has 0 saturated heterocycles. The Balaban J connectivity index is 1.76. The zero-order valence-electron chi connectivity index (χ0n) is 16.1. The minimum absolute atomic E-state index is 0.347. The molecule has 0 aliphatic carbocycles. The summed E-state index contributed by atoms with van der Waals surface area (Å²) in [5, 5.41) is 3.49. The number of amides is 1. The lowest BCUT2D eigenvalue weighted by molar-refractivity contribution is -0.119. The Morgan fingerprint density at radius 2 is 1.93 bits per heavy atom. The van der Waals surface area contributed by atoms with E-state index in [-0.39, 0.29) is 12.5 Å². The molecule has 0 unspecified atom stereocenters. The van der Waals surface area contributed by atoms with Gasteiger partial charge in [-0.25, -0.2) is 4.79 Å². The van der Waals surface area contributed by atoms with Gasteiger partial charge in [0.25, 0.3) is 5.91 Å². The number of esters is 1. The zero-order chi connectivity index (χ0) is 20.1.